The van der Waals surface area contributed by atoms with Gasteiger partial charge in [0.05, 0.1) is 18.5 Å². The van der Waals surface area contributed by atoms with Crippen LogP contribution in [-0.4, -0.2) is 28.2 Å². The largest absolute Gasteiger partial charge is 0.495 e. The van der Waals surface area contributed by atoms with Crippen LogP contribution in [0.15, 0.2) is 39.3 Å². The first kappa shape index (κ1) is 20.9. The van der Waals surface area contributed by atoms with Crippen LogP contribution in [-0.2, 0) is 10.5 Å². The minimum Gasteiger partial charge on any atom is -0.495 e. The number of ether oxygens (including phenoxy) is 1. The lowest BCUT2D eigenvalue weighted by Crippen LogP contribution is -2.23. The molecule has 3 aromatic rings. The number of nitrogens with zero attached hydrogens (tertiary/aromatic N) is 4. The van der Waals surface area contributed by atoms with E-state index in [2.05, 4.69) is 15.2 Å². The number of benzene rings is 1. The third-order valence-electron chi connectivity index (χ3n) is 5.09. The van der Waals surface area contributed by atoms with E-state index in [9.17, 15) is 4.79 Å². The predicted octanol–water partition coefficient (Wildman–Crippen LogP) is 5.56. The van der Waals surface area contributed by atoms with E-state index in [4.69, 9.17) is 9.15 Å². The van der Waals surface area contributed by atoms with Crippen molar-refractivity contribution in [3.63, 3.8) is 0 Å². The van der Waals surface area contributed by atoms with Crippen molar-refractivity contribution in [1.29, 1.82) is 0 Å². The summed E-state index contributed by atoms with van der Waals surface area (Å²) in [7, 11) is 1.59. The highest BCUT2D eigenvalue weighted by Gasteiger charge is 2.23. The monoisotopic (exact) mass is 444 g/mol. The van der Waals surface area contributed by atoms with Crippen molar-refractivity contribution in [3.05, 3.63) is 41.2 Å². The molecule has 1 aromatic carbocycles. The Hall–Kier alpha value is -2.39. The molecular weight excluding hydrogens is 420 g/mol. The maximum absolute atomic E-state index is 12.4. The highest BCUT2D eigenvalue weighted by Crippen LogP contribution is 2.37. The standard InChI is InChI=1S/C21H24N4O3S2/c1-14(26)25(17-10-6-7-11-18(17)27-2)20-22-16(12-29-20)13-30-21-24-23-19(28-21)15-8-4-3-5-9-15/h6-7,10-12,15H,3-5,8-9,13H2,1-2H3. The minimum atomic E-state index is -0.123. The fourth-order valence-electron chi connectivity index (χ4n) is 3.62. The van der Waals surface area contributed by atoms with Gasteiger partial charge in [-0.2, -0.15) is 0 Å². The summed E-state index contributed by atoms with van der Waals surface area (Å²) >= 11 is 2.89. The topological polar surface area (TPSA) is 81.4 Å². The summed E-state index contributed by atoms with van der Waals surface area (Å²) in [4.78, 5) is 18.6. The number of hydrogen-bond donors (Lipinski definition) is 0. The van der Waals surface area contributed by atoms with Crippen molar-refractivity contribution in [2.24, 2.45) is 0 Å². The predicted molar refractivity (Wildman–Crippen MR) is 118 cm³/mol. The van der Waals surface area contributed by atoms with Gasteiger partial charge in [0.15, 0.2) is 5.13 Å². The van der Waals surface area contributed by atoms with Gasteiger partial charge in [0.25, 0.3) is 5.22 Å². The number of aromatic nitrogens is 3. The normalized spacial score (nSPS) is 14.6. The smallest absolute Gasteiger partial charge is 0.276 e. The molecule has 30 heavy (non-hydrogen) atoms. The van der Waals surface area contributed by atoms with E-state index in [1.54, 1.807) is 12.0 Å². The second-order valence-electron chi connectivity index (χ2n) is 7.18. The molecule has 0 bridgehead atoms. The number of carbonyl (C=O) groups excluding carboxylic acids is 1. The fraction of sp³-hybridized carbons (Fsp3) is 0.429. The van der Waals surface area contributed by atoms with Crippen molar-refractivity contribution < 1.29 is 13.9 Å². The van der Waals surface area contributed by atoms with Gasteiger partial charge < -0.3 is 9.15 Å². The van der Waals surface area contributed by atoms with Crippen molar-refractivity contribution in [2.45, 2.75) is 55.9 Å². The lowest BCUT2D eigenvalue weighted by Gasteiger charge is -2.20. The van der Waals surface area contributed by atoms with Gasteiger partial charge in [0.1, 0.15) is 5.75 Å². The number of carbonyl (C=O) groups is 1. The van der Waals surface area contributed by atoms with E-state index < -0.39 is 0 Å². The highest BCUT2D eigenvalue weighted by atomic mass is 32.2. The van der Waals surface area contributed by atoms with E-state index in [0.29, 0.717) is 33.5 Å². The summed E-state index contributed by atoms with van der Waals surface area (Å²) < 4.78 is 11.3. The minimum absolute atomic E-state index is 0.123. The molecule has 0 aliphatic heterocycles. The van der Waals surface area contributed by atoms with Crippen LogP contribution in [0.1, 0.15) is 56.5 Å². The highest BCUT2D eigenvalue weighted by molar-refractivity contribution is 7.98. The zero-order valence-electron chi connectivity index (χ0n) is 17.0. The Morgan fingerprint density at radius 1 is 1.27 bits per heavy atom. The molecule has 1 aliphatic carbocycles. The van der Waals surface area contributed by atoms with Crippen LogP contribution in [0, 0.1) is 0 Å². The van der Waals surface area contributed by atoms with E-state index in [-0.39, 0.29) is 5.91 Å². The molecule has 9 heteroatoms. The third kappa shape index (κ3) is 4.67. The average Bonchev–Trinajstić information content (AvgIpc) is 3.43. The number of anilines is 2. The molecule has 1 aliphatic rings. The molecule has 0 radical (unpaired) electrons. The molecule has 0 unspecified atom stereocenters. The van der Waals surface area contributed by atoms with Gasteiger partial charge >= 0.3 is 0 Å². The summed E-state index contributed by atoms with van der Waals surface area (Å²) in [5, 5.41) is 11.6. The van der Waals surface area contributed by atoms with Gasteiger partial charge in [-0.25, -0.2) is 4.98 Å². The van der Waals surface area contributed by atoms with Crippen LogP contribution in [0.3, 0.4) is 0 Å². The molecule has 4 rings (SSSR count). The molecule has 2 aromatic heterocycles. The number of para-hydroxylation sites is 2. The van der Waals surface area contributed by atoms with Gasteiger partial charge in [-0.1, -0.05) is 43.2 Å². The summed E-state index contributed by atoms with van der Waals surface area (Å²) in [6, 6.07) is 7.42. The molecule has 0 N–H and O–H groups in total. The molecule has 1 fully saturated rings. The van der Waals surface area contributed by atoms with Crippen molar-refractivity contribution in [3.8, 4) is 5.75 Å². The number of thioether (sulfide) groups is 1. The summed E-state index contributed by atoms with van der Waals surface area (Å²) in [6.07, 6.45) is 6.02. The lowest BCUT2D eigenvalue weighted by atomic mass is 9.89. The number of hydrogen-bond acceptors (Lipinski definition) is 8. The Labute approximate surface area is 183 Å². The Morgan fingerprint density at radius 3 is 2.83 bits per heavy atom. The van der Waals surface area contributed by atoms with Crippen LogP contribution in [0.2, 0.25) is 0 Å². The summed E-state index contributed by atoms with van der Waals surface area (Å²) in [5.74, 6) is 2.26. The van der Waals surface area contributed by atoms with Crippen molar-refractivity contribution >= 4 is 39.8 Å². The fourth-order valence-corrected chi connectivity index (χ4v) is 5.26. The van der Waals surface area contributed by atoms with Crippen LogP contribution in [0.25, 0.3) is 0 Å². The molecule has 158 valence electrons. The number of methoxy groups -OCH3 is 1. The summed E-state index contributed by atoms with van der Waals surface area (Å²) in [5.41, 5.74) is 1.54. The van der Waals surface area contributed by atoms with Crippen LogP contribution in [0.4, 0.5) is 10.8 Å². The molecule has 0 saturated heterocycles. The number of amides is 1. The van der Waals surface area contributed by atoms with Gasteiger partial charge in [-0.15, -0.1) is 21.5 Å². The molecule has 2 heterocycles. The molecule has 0 atom stereocenters. The molecule has 0 spiro atoms. The van der Waals surface area contributed by atoms with Gasteiger partial charge in [0, 0.05) is 24.0 Å². The zero-order valence-corrected chi connectivity index (χ0v) is 18.7. The third-order valence-corrected chi connectivity index (χ3v) is 6.82. The van der Waals surface area contributed by atoms with Gasteiger partial charge in [0.2, 0.25) is 11.8 Å². The lowest BCUT2D eigenvalue weighted by molar-refractivity contribution is -0.115. The number of rotatable bonds is 7. The SMILES string of the molecule is COc1ccccc1N(C(C)=O)c1nc(CSc2nnc(C3CCCCC3)o2)cs1. The van der Waals surface area contributed by atoms with Gasteiger partial charge in [-0.3, -0.25) is 9.69 Å². The Kier molecular flexibility index (Phi) is 6.69. The molecule has 7 nitrogen and oxygen atoms in total. The van der Waals surface area contributed by atoms with E-state index >= 15 is 0 Å². The van der Waals surface area contributed by atoms with Crippen LogP contribution >= 0.6 is 23.1 Å². The second kappa shape index (κ2) is 9.61. The zero-order chi connectivity index (χ0) is 20.9. The van der Waals surface area contributed by atoms with Gasteiger partial charge in [-0.05, 0) is 25.0 Å². The van der Waals surface area contributed by atoms with Crippen LogP contribution < -0.4 is 9.64 Å². The first-order valence-electron chi connectivity index (χ1n) is 10.00. The molecule has 1 amide bonds. The first-order chi connectivity index (χ1) is 14.7. The maximum atomic E-state index is 12.4. The molecular formula is C21H24N4O3S2. The van der Waals surface area contributed by atoms with E-state index in [0.717, 1.165) is 24.4 Å². The Morgan fingerprint density at radius 2 is 2.07 bits per heavy atom. The first-order valence-corrected chi connectivity index (χ1v) is 11.9. The summed E-state index contributed by atoms with van der Waals surface area (Å²) in [6.45, 7) is 1.52. The maximum Gasteiger partial charge on any atom is 0.276 e. The van der Waals surface area contributed by atoms with Crippen LogP contribution in [0.5, 0.6) is 5.75 Å². The average molecular weight is 445 g/mol. The van der Waals surface area contributed by atoms with E-state index in [1.807, 2.05) is 29.6 Å². The second-order valence-corrected chi connectivity index (χ2v) is 8.94. The van der Waals surface area contributed by atoms with Crippen molar-refractivity contribution in [1.82, 2.24) is 15.2 Å². The number of thiazole rings is 1. The Bertz CT molecular complexity index is 998. The molecule has 1 saturated carbocycles. The Balaban J connectivity index is 1.44. The van der Waals surface area contributed by atoms with Crippen molar-refractivity contribution in [2.75, 3.05) is 12.0 Å². The quantitative estimate of drug-likeness (QED) is 0.441. The van der Waals surface area contributed by atoms with E-state index in [1.165, 1.54) is 49.3 Å².